The Kier molecular flexibility index (Phi) is 4.83. The van der Waals surface area contributed by atoms with Crippen molar-refractivity contribution < 1.29 is 18.0 Å². The summed E-state index contributed by atoms with van der Waals surface area (Å²) in [6.07, 6.45) is -1.54. The van der Waals surface area contributed by atoms with Crippen molar-refractivity contribution in [2.24, 2.45) is 0 Å². The fraction of sp³-hybridized carbons (Fsp3) is 0.150. The van der Waals surface area contributed by atoms with Crippen LogP contribution in [0.4, 0.5) is 19.0 Å². The number of hydrogen-bond donors (Lipinski definition) is 1. The molecule has 4 rings (SSSR count). The van der Waals surface area contributed by atoms with Gasteiger partial charge in [0.25, 0.3) is 0 Å². The smallest absolute Gasteiger partial charge is 0.308 e. The molecule has 4 aromatic rings. The van der Waals surface area contributed by atoms with Crippen molar-refractivity contribution >= 4 is 27.9 Å². The summed E-state index contributed by atoms with van der Waals surface area (Å²) in [7, 11) is 0. The van der Waals surface area contributed by atoms with Gasteiger partial charge >= 0.3 is 6.18 Å². The van der Waals surface area contributed by atoms with Crippen molar-refractivity contribution in [1.29, 1.82) is 0 Å². The minimum atomic E-state index is -4.48. The quantitative estimate of drug-likeness (QED) is 0.511. The Morgan fingerprint density at radius 1 is 1.10 bits per heavy atom. The number of carbonyl (C=O) groups excluding carboxylic acids is 1. The minimum Gasteiger partial charge on any atom is -0.308 e. The molecule has 148 valence electrons. The normalized spacial score (nSPS) is 11.7. The third-order valence-electron chi connectivity index (χ3n) is 4.38. The van der Waals surface area contributed by atoms with E-state index in [0.29, 0.717) is 0 Å². The number of rotatable bonds is 4. The highest BCUT2D eigenvalue weighted by Gasteiger charge is 2.35. The van der Waals surface area contributed by atoms with Crippen molar-refractivity contribution in [2.45, 2.75) is 19.5 Å². The molecule has 5 nitrogen and oxygen atoms in total. The number of anilines is 1. The van der Waals surface area contributed by atoms with Crippen LogP contribution in [0.5, 0.6) is 0 Å². The summed E-state index contributed by atoms with van der Waals surface area (Å²) in [5.74, 6) is -0.227. The number of carbonyl (C=O) groups is 1. The van der Waals surface area contributed by atoms with Crippen LogP contribution in [0.2, 0.25) is 0 Å². The zero-order chi connectivity index (χ0) is 20.6. The van der Waals surface area contributed by atoms with E-state index in [1.807, 2.05) is 43.3 Å². The lowest BCUT2D eigenvalue weighted by Gasteiger charge is -2.05. The molecule has 0 fully saturated rings. The topological polar surface area (TPSA) is 59.3 Å². The van der Waals surface area contributed by atoms with Crippen LogP contribution in [0.25, 0.3) is 16.0 Å². The van der Waals surface area contributed by atoms with Crippen molar-refractivity contribution in [3.63, 3.8) is 0 Å². The molecule has 3 aromatic heterocycles. The number of alkyl halides is 3. The molecule has 0 bridgehead atoms. The molecule has 0 saturated heterocycles. The summed E-state index contributed by atoms with van der Waals surface area (Å²) in [5.41, 5.74) is 2.86. The van der Waals surface area contributed by atoms with E-state index in [0.717, 1.165) is 49.8 Å². The molecule has 0 aliphatic rings. The minimum absolute atomic E-state index is 0.0863. The Balaban J connectivity index is 1.45. The Morgan fingerprint density at radius 2 is 1.83 bits per heavy atom. The van der Waals surface area contributed by atoms with Crippen molar-refractivity contribution in [1.82, 2.24) is 14.4 Å². The zero-order valence-electron chi connectivity index (χ0n) is 15.2. The molecule has 1 N–H and O–H groups in total. The summed E-state index contributed by atoms with van der Waals surface area (Å²) < 4.78 is 39.8. The average Bonchev–Trinajstić information content (AvgIpc) is 3.26. The second-order valence-electron chi connectivity index (χ2n) is 6.50. The first-order chi connectivity index (χ1) is 13.8. The van der Waals surface area contributed by atoms with Gasteiger partial charge in [0.05, 0.1) is 6.42 Å². The van der Waals surface area contributed by atoms with E-state index in [4.69, 9.17) is 0 Å². The van der Waals surface area contributed by atoms with Crippen LogP contribution in [0.15, 0.2) is 54.3 Å². The molecule has 9 heteroatoms. The number of hydrogen-bond acceptors (Lipinski definition) is 4. The van der Waals surface area contributed by atoms with E-state index in [1.54, 1.807) is 6.20 Å². The molecule has 0 unspecified atom stereocenters. The largest absolute Gasteiger partial charge is 0.432 e. The molecular formula is C20H15F3N4OS. The summed E-state index contributed by atoms with van der Waals surface area (Å²) >= 11 is 0.883. The zero-order valence-corrected chi connectivity index (χ0v) is 16.0. The second kappa shape index (κ2) is 7.32. The number of thiazole rings is 1. The van der Waals surface area contributed by atoms with Gasteiger partial charge in [-0.1, -0.05) is 30.3 Å². The SMILES string of the molecule is Cc1ccc(-c2ccc(CC(=O)Nc3ncn4c(C(F)(F)F)csc34)cc2)cn1. The summed E-state index contributed by atoms with van der Waals surface area (Å²) in [6.45, 7) is 1.92. The number of fused-ring (bicyclic) bond motifs is 1. The molecule has 0 aliphatic carbocycles. The molecule has 0 aliphatic heterocycles. The fourth-order valence-electron chi connectivity index (χ4n) is 2.89. The number of nitrogens with zero attached hydrogens (tertiary/aromatic N) is 3. The Hall–Kier alpha value is -3.20. The second-order valence-corrected chi connectivity index (χ2v) is 7.36. The molecule has 3 heterocycles. The molecule has 1 aromatic carbocycles. The van der Waals surface area contributed by atoms with E-state index in [2.05, 4.69) is 15.3 Å². The van der Waals surface area contributed by atoms with E-state index in [1.165, 1.54) is 0 Å². The third kappa shape index (κ3) is 4.00. The highest BCUT2D eigenvalue weighted by Crippen LogP contribution is 2.35. The third-order valence-corrected chi connectivity index (χ3v) is 5.33. The van der Waals surface area contributed by atoms with Crippen LogP contribution in [0, 0.1) is 6.92 Å². The fourth-order valence-corrected chi connectivity index (χ4v) is 3.84. The Morgan fingerprint density at radius 3 is 2.48 bits per heavy atom. The number of amides is 1. The summed E-state index contributed by atoms with van der Waals surface area (Å²) in [6, 6.07) is 11.4. The number of halogens is 3. The molecule has 0 saturated carbocycles. The Bertz CT molecular complexity index is 1160. The van der Waals surface area contributed by atoms with Gasteiger partial charge in [0.1, 0.15) is 16.9 Å². The first-order valence-corrected chi connectivity index (χ1v) is 9.53. The summed E-state index contributed by atoms with van der Waals surface area (Å²) in [5, 5.41) is 3.60. The van der Waals surface area contributed by atoms with Gasteiger partial charge in [0.2, 0.25) is 5.91 Å². The Labute approximate surface area is 167 Å². The van der Waals surface area contributed by atoms with Gasteiger partial charge in [0, 0.05) is 22.8 Å². The van der Waals surface area contributed by atoms with Gasteiger partial charge in [-0.15, -0.1) is 11.3 Å². The molecule has 0 spiro atoms. The lowest BCUT2D eigenvalue weighted by Crippen LogP contribution is -2.14. The van der Waals surface area contributed by atoms with Crippen LogP contribution in [-0.2, 0) is 17.4 Å². The van der Waals surface area contributed by atoms with Crippen LogP contribution >= 0.6 is 11.3 Å². The van der Waals surface area contributed by atoms with E-state index in [9.17, 15) is 18.0 Å². The van der Waals surface area contributed by atoms with Gasteiger partial charge in [-0.05, 0) is 24.1 Å². The highest BCUT2D eigenvalue weighted by molar-refractivity contribution is 7.16. The van der Waals surface area contributed by atoms with Gasteiger partial charge in [-0.2, -0.15) is 13.2 Å². The van der Waals surface area contributed by atoms with Crippen LogP contribution in [0.3, 0.4) is 0 Å². The molecule has 29 heavy (non-hydrogen) atoms. The lowest BCUT2D eigenvalue weighted by molar-refractivity contribution is -0.141. The summed E-state index contributed by atoms with van der Waals surface area (Å²) in [4.78, 5) is 20.7. The van der Waals surface area contributed by atoms with Crippen molar-refractivity contribution in [3.05, 3.63) is 71.3 Å². The van der Waals surface area contributed by atoms with Gasteiger partial charge in [-0.3, -0.25) is 14.2 Å². The number of aromatic nitrogens is 3. The van der Waals surface area contributed by atoms with E-state index < -0.39 is 11.9 Å². The van der Waals surface area contributed by atoms with Crippen LogP contribution in [0.1, 0.15) is 17.0 Å². The maximum absolute atomic E-state index is 13.0. The molecule has 0 atom stereocenters. The highest BCUT2D eigenvalue weighted by atomic mass is 32.1. The van der Waals surface area contributed by atoms with Gasteiger partial charge in [-0.25, -0.2) is 4.98 Å². The molecular weight excluding hydrogens is 401 g/mol. The number of benzene rings is 1. The maximum Gasteiger partial charge on any atom is 0.432 e. The van der Waals surface area contributed by atoms with E-state index in [-0.39, 0.29) is 23.0 Å². The van der Waals surface area contributed by atoms with Crippen molar-refractivity contribution in [2.75, 3.05) is 5.32 Å². The van der Waals surface area contributed by atoms with E-state index >= 15 is 0 Å². The monoisotopic (exact) mass is 416 g/mol. The van der Waals surface area contributed by atoms with Gasteiger partial charge in [0.15, 0.2) is 5.82 Å². The first kappa shape index (κ1) is 19.1. The predicted molar refractivity (Wildman–Crippen MR) is 105 cm³/mol. The number of imidazole rings is 1. The number of nitrogens with one attached hydrogen (secondary N) is 1. The van der Waals surface area contributed by atoms with Crippen molar-refractivity contribution in [3.8, 4) is 11.1 Å². The number of pyridine rings is 1. The maximum atomic E-state index is 13.0. The molecule has 0 radical (unpaired) electrons. The number of aryl methyl sites for hydroxylation is 1. The lowest BCUT2D eigenvalue weighted by atomic mass is 10.0. The van der Waals surface area contributed by atoms with Crippen LogP contribution < -0.4 is 5.32 Å². The van der Waals surface area contributed by atoms with Crippen LogP contribution in [-0.4, -0.2) is 20.3 Å². The van der Waals surface area contributed by atoms with Gasteiger partial charge < -0.3 is 5.32 Å². The standard InChI is InChI=1S/C20H15F3N4OS/c1-12-2-5-15(9-24-12)14-6-3-13(4-7-14)8-17(28)26-18-19-27(11-25-18)16(10-29-19)20(21,22)23/h2-7,9-11H,8H2,1H3,(H,26,28). The molecule has 1 amide bonds. The average molecular weight is 416 g/mol. The predicted octanol–water partition coefficient (Wildman–Crippen LogP) is 4.97. The first-order valence-electron chi connectivity index (χ1n) is 8.65.